The van der Waals surface area contributed by atoms with Crippen LogP contribution >= 0.6 is 0 Å². The largest absolute Gasteiger partial charge is 0.487 e. The first kappa shape index (κ1) is 20.1. The number of ether oxygens (including phenoxy) is 2. The molecule has 0 unspecified atom stereocenters. The standard InChI is InChI=1S/C24H28O4/c1-7-26-22(25)14-20-11-10-19(27-20)9-8-17-13-18-15-23(3,4)24(5,6)28-21(18)12-16(17)2/h10-13H,7,14-15H2,1-6H3. The molecular formula is C24H28O4. The average Bonchev–Trinajstić information content (AvgIpc) is 3.02. The van der Waals surface area contributed by atoms with E-state index in [0.717, 1.165) is 23.3 Å². The molecule has 0 atom stereocenters. The van der Waals surface area contributed by atoms with Crippen molar-refractivity contribution in [3.05, 3.63) is 52.5 Å². The van der Waals surface area contributed by atoms with Crippen molar-refractivity contribution >= 4 is 5.97 Å². The van der Waals surface area contributed by atoms with Crippen molar-refractivity contribution in [2.24, 2.45) is 5.41 Å². The number of carbonyl (C=O) groups excluding carboxylic acids is 1. The lowest BCUT2D eigenvalue weighted by Crippen LogP contribution is -2.48. The molecule has 0 N–H and O–H groups in total. The summed E-state index contributed by atoms with van der Waals surface area (Å²) in [5.41, 5.74) is 3.02. The minimum absolute atomic E-state index is 0.0307. The first-order valence-corrected chi connectivity index (χ1v) is 9.70. The quantitative estimate of drug-likeness (QED) is 0.565. The van der Waals surface area contributed by atoms with Gasteiger partial charge in [-0.25, -0.2) is 0 Å². The lowest BCUT2D eigenvalue weighted by Gasteiger charge is -2.46. The predicted molar refractivity (Wildman–Crippen MR) is 108 cm³/mol. The first-order chi connectivity index (χ1) is 13.1. The summed E-state index contributed by atoms with van der Waals surface area (Å²) in [5, 5.41) is 0. The average molecular weight is 380 g/mol. The van der Waals surface area contributed by atoms with Crippen LogP contribution in [0.4, 0.5) is 0 Å². The van der Waals surface area contributed by atoms with E-state index in [-0.39, 0.29) is 23.4 Å². The number of hydrogen-bond donors (Lipinski definition) is 0. The van der Waals surface area contributed by atoms with E-state index in [4.69, 9.17) is 13.9 Å². The zero-order chi connectivity index (χ0) is 20.5. The Bertz CT molecular complexity index is 951. The lowest BCUT2D eigenvalue weighted by molar-refractivity contribution is -0.142. The maximum atomic E-state index is 11.6. The summed E-state index contributed by atoms with van der Waals surface area (Å²) in [6.07, 6.45) is 1.06. The Kier molecular flexibility index (Phi) is 5.30. The highest BCUT2D eigenvalue weighted by molar-refractivity contribution is 5.71. The summed E-state index contributed by atoms with van der Waals surface area (Å²) in [6, 6.07) is 7.74. The molecule has 28 heavy (non-hydrogen) atoms. The second-order valence-electron chi connectivity index (χ2n) is 8.45. The fourth-order valence-corrected chi connectivity index (χ4v) is 3.22. The minimum atomic E-state index is -0.299. The van der Waals surface area contributed by atoms with Gasteiger partial charge in [0.25, 0.3) is 0 Å². The third kappa shape index (κ3) is 4.09. The molecule has 0 fully saturated rings. The van der Waals surface area contributed by atoms with Gasteiger partial charge in [-0.15, -0.1) is 0 Å². The second-order valence-corrected chi connectivity index (χ2v) is 8.45. The van der Waals surface area contributed by atoms with Crippen molar-refractivity contribution in [2.75, 3.05) is 6.61 Å². The summed E-state index contributed by atoms with van der Waals surface area (Å²) in [5.74, 6) is 8.01. The summed E-state index contributed by atoms with van der Waals surface area (Å²) >= 11 is 0. The molecule has 0 radical (unpaired) electrons. The maximum Gasteiger partial charge on any atom is 0.313 e. The van der Waals surface area contributed by atoms with E-state index >= 15 is 0 Å². The first-order valence-electron chi connectivity index (χ1n) is 9.70. The van der Waals surface area contributed by atoms with Crippen LogP contribution in [0.5, 0.6) is 5.75 Å². The number of furan rings is 1. The number of fused-ring (bicyclic) bond motifs is 1. The van der Waals surface area contributed by atoms with E-state index in [9.17, 15) is 4.79 Å². The van der Waals surface area contributed by atoms with Crippen LogP contribution in [0.3, 0.4) is 0 Å². The highest BCUT2D eigenvalue weighted by Crippen LogP contribution is 2.45. The van der Waals surface area contributed by atoms with Gasteiger partial charge in [0.05, 0.1) is 6.61 Å². The smallest absolute Gasteiger partial charge is 0.313 e. The normalized spacial score (nSPS) is 16.4. The fraction of sp³-hybridized carbons (Fsp3) is 0.458. The molecule has 1 aliphatic heterocycles. The number of aryl methyl sites for hydroxylation is 1. The third-order valence-electron chi connectivity index (χ3n) is 5.64. The van der Waals surface area contributed by atoms with E-state index in [1.807, 2.05) is 6.92 Å². The zero-order valence-corrected chi connectivity index (χ0v) is 17.6. The van der Waals surface area contributed by atoms with E-state index in [2.05, 4.69) is 51.7 Å². The Morgan fingerprint density at radius 3 is 2.64 bits per heavy atom. The van der Waals surface area contributed by atoms with Gasteiger partial charge in [-0.05, 0) is 75.4 Å². The molecule has 2 heterocycles. The molecule has 1 aromatic carbocycles. The van der Waals surface area contributed by atoms with E-state index in [1.54, 1.807) is 19.1 Å². The van der Waals surface area contributed by atoms with Crippen LogP contribution in [0, 0.1) is 24.2 Å². The van der Waals surface area contributed by atoms with Crippen molar-refractivity contribution in [1.82, 2.24) is 0 Å². The Labute approximate surface area is 167 Å². The molecule has 1 aliphatic rings. The van der Waals surface area contributed by atoms with Crippen LogP contribution in [0.2, 0.25) is 0 Å². The van der Waals surface area contributed by atoms with Crippen molar-refractivity contribution in [3.63, 3.8) is 0 Å². The zero-order valence-electron chi connectivity index (χ0n) is 17.6. The topological polar surface area (TPSA) is 48.7 Å². The number of benzene rings is 1. The van der Waals surface area contributed by atoms with Gasteiger partial charge >= 0.3 is 5.97 Å². The Hall–Kier alpha value is -2.67. The summed E-state index contributed by atoms with van der Waals surface area (Å²) in [4.78, 5) is 11.6. The molecule has 0 saturated heterocycles. The number of carbonyl (C=O) groups is 1. The molecule has 0 spiro atoms. The third-order valence-corrected chi connectivity index (χ3v) is 5.64. The van der Waals surface area contributed by atoms with Gasteiger partial charge in [0.1, 0.15) is 23.5 Å². The Morgan fingerprint density at radius 1 is 1.18 bits per heavy atom. The van der Waals surface area contributed by atoms with Crippen molar-refractivity contribution in [1.29, 1.82) is 0 Å². The van der Waals surface area contributed by atoms with Gasteiger partial charge in [0.2, 0.25) is 0 Å². The predicted octanol–water partition coefficient (Wildman–Crippen LogP) is 4.83. The Balaban J connectivity index is 1.82. The molecule has 0 aliphatic carbocycles. The van der Waals surface area contributed by atoms with Crippen LogP contribution in [0.1, 0.15) is 62.8 Å². The molecule has 148 valence electrons. The van der Waals surface area contributed by atoms with Gasteiger partial charge < -0.3 is 13.9 Å². The minimum Gasteiger partial charge on any atom is -0.487 e. The van der Waals surface area contributed by atoms with Gasteiger partial charge in [-0.3, -0.25) is 4.79 Å². The van der Waals surface area contributed by atoms with Crippen LogP contribution in [0.15, 0.2) is 28.7 Å². The van der Waals surface area contributed by atoms with E-state index in [1.165, 1.54) is 5.56 Å². The monoisotopic (exact) mass is 380 g/mol. The second kappa shape index (κ2) is 7.39. The molecule has 4 nitrogen and oxygen atoms in total. The van der Waals surface area contributed by atoms with Gasteiger partial charge in [-0.1, -0.05) is 19.8 Å². The molecule has 3 rings (SSSR count). The number of esters is 1. The molecule has 2 aromatic rings. The number of rotatable bonds is 3. The molecule has 4 heteroatoms. The van der Waals surface area contributed by atoms with Crippen molar-refractivity contribution in [3.8, 4) is 17.6 Å². The van der Waals surface area contributed by atoms with Gasteiger partial charge in [-0.2, -0.15) is 0 Å². The van der Waals surface area contributed by atoms with Crippen molar-refractivity contribution < 1.29 is 18.7 Å². The van der Waals surface area contributed by atoms with E-state index in [0.29, 0.717) is 18.1 Å². The van der Waals surface area contributed by atoms with Crippen molar-refractivity contribution in [2.45, 2.75) is 60.0 Å². The molecular weight excluding hydrogens is 352 g/mol. The van der Waals surface area contributed by atoms with E-state index < -0.39 is 0 Å². The molecule has 0 saturated carbocycles. The maximum absolute atomic E-state index is 11.6. The van der Waals surface area contributed by atoms with Gasteiger partial charge in [0.15, 0.2) is 5.76 Å². The summed E-state index contributed by atoms with van der Waals surface area (Å²) in [6.45, 7) is 12.9. The Morgan fingerprint density at radius 2 is 1.93 bits per heavy atom. The van der Waals surface area contributed by atoms with Crippen LogP contribution in [-0.4, -0.2) is 18.2 Å². The van der Waals surface area contributed by atoms with Crippen LogP contribution in [0.25, 0.3) is 0 Å². The molecule has 1 aromatic heterocycles. The molecule has 0 bridgehead atoms. The van der Waals surface area contributed by atoms with Gasteiger partial charge in [0, 0.05) is 11.0 Å². The summed E-state index contributed by atoms with van der Waals surface area (Å²) in [7, 11) is 0. The number of hydrogen-bond acceptors (Lipinski definition) is 4. The van der Waals surface area contributed by atoms with Crippen LogP contribution in [-0.2, 0) is 22.4 Å². The fourth-order valence-electron chi connectivity index (χ4n) is 3.22. The molecule has 0 amide bonds. The van der Waals surface area contributed by atoms with Crippen LogP contribution < -0.4 is 4.74 Å². The SMILES string of the molecule is CCOC(=O)Cc1ccc(C#Cc2cc3c(cc2C)OC(C)(C)C(C)(C)C3)o1. The highest BCUT2D eigenvalue weighted by Gasteiger charge is 2.43. The summed E-state index contributed by atoms with van der Waals surface area (Å²) < 4.78 is 16.9. The lowest BCUT2D eigenvalue weighted by atomic mass is 9.70. The highest BCUT2D eigenvalue weighted by atomic mass is 16.5.